The maximum Gasteiger partial charge on any atom is 0.279 e. The third kappa shape index (κ3) is 4.98. The lowest BCUT2D eigenvalue weighted by Gasteiger charge is -2.26. The number of nitrogens with zero attached hydrogens (tertiary/aromatic N) is 1. The van der Waals surface area contributed by atoms with Gasteiger partial charge in [0, 0.05) is 13.1 Å². The number of anilines is 1. The first kappa shape index (κ1) is 20.1. The van der Waals surface area contributed by atoms with Gasteiger partial charge in [-0.15, -0.1) is 0 Å². The number of sulfonamides is 1. The molecule has 2 saturated heterocycles. The Morgan fingerprint density at radius 2 is 1.93 bits per heavy atom. The molecule has 150 valence electrons. The van der Waals surface area contributed by atoms with E-state index in [1.54, 1.807) is 6.07 Å². The molecule has 0 spiro atoms. The largest absolute Gasteiger partial charge is 0.495 e. The van der Waals surface area contributed by atoms with E-state index in [1.165, 1.54) is 23.5 Å². The predicted molar refractivity (Wildman–Crippen MR) is 101 cm³/mol. The fourth-order valence-corrected chi connectivity index (χ4v) is 5.00. The highest BCUT2D eigenvalue weighted by Crippen LogP contribution is 2.29. The van der Waals surface area contributed by atoms with Crippen LogP contribution in [0.3, 0.4) is 0 Å². The molecular weight excluding hydrogens is 370 g/mol. The molecule has 2 N–H and O–H groups in total. The van der Waals surface area contributed by atoms with Crippen molar-refractivity contribution in [1.29, 1.82) is 0 Å². The standard InChI is InChI=1S/C18H27N3O5S/c1-25-17-6-5-15(27(23,24)21-7-3-2-4-8-21)13-16(17)19-18(22)14-20-9-11-26-12-10-20/h5-6,13H,2-4,7-12,14H2,1H3,(H,19,22)/p+1. The van der Waals surface area contributed by atoms with Crippen molar-refractivity contribution in [3.8, 4) is 5.75 Å². The molecule has 3 rings (SSSR count). The molecular formula is C18H28N3O5S+. The van der Waals surface area contributed by atoms with E-state index >= 15 is 0 Å². The summed E-state index contributed by atoms with van der Waals surface area (Å²) < 4.78 is 37.9. The Kier molecular flexibility index (Phi) is 6.69. The number of hydrogen-bond donors (Lipinski definition) is 2. The van der Waals surface area contributed by atoms with E-state index in [1.807, 2.05) is 0 Å². The van der Waals surface area contributed by atoms with Gasteiger partial charge in [0.1, 0.15) is 18.8 Å². The molecule has 27 heavy (non-hydrogen) atoms. The summed E-state index contributed by atoms with van der Waals surface area (Å²) in [5, 5.41) is 2.82. The van der Waals surface area contributed by atoms with Crippen LogP contribution < -0.4 is 15.0 Å². The lowest BCUT2D eigenvalue weighted by molar-refractivity contribution is -0.899. The number of carbonyl (C=O) groups excluding carboxylic acids is 1. The first-order valence-corrected chi connectivity index (χ1v) is 10.8. The summed E-state index contributed by atoms with van der Waals surface area (Å²) in [6.07, 6.45) is 2.81. The average molecular weight is 399 g/mol. The minimum Gasteiger partial charge on any atom is -0.495 e. The van der Waals surface area contributed by atoms with Crippen LogP contribution >= 0.6 is 0 Å². The molecule has 0 radical (unpaired) electrons. The molecule has 1 amide bonds. The third-order valence-electron chi connectivity index (χ3n) is 5.01. The molecule has 0 bridgehead atoms. The molecule has 1 aromatic carbocycles. The van der Waals surface area contributed by atoms with E-state index in [-0.39, 0.29) is 10.8 Å². The lowest BCUT2D eigenvalue weighted by atomic mass is 10.2. The molecule has 0 aliphatic carbocycles. The van der Waals surface area contributed by atoms with Crippen molar-refractivity contribution in [2.45, 2.75) is 24.2 Å². The van der Waals surface area contributed by atoms with E-state index in [9.17, 15) is 13.2 Å². The molecule has 9 heteroatoms. The summed E-state index contributed by atoms with van der Waals surface area (Å²) >= 11 is 0. The van der Waals surface area contributed by atoms with Crippen LogP contribution in [0.2, 0.25) is 0 Å². The van der Waals surface area contributed by atoms with Crippen LogP contribution in [0.25, 0.3) is 0 Å². The summed E-state index contributed by atoms with van der Waals surface area (Å²) in [7, 11) is -2.07. The van der Waals surface area contributed by atoms with Gasteiger partial charge < -0.3 is 19.7 Å². The summed E-state index contributed by atoms with van der Waals surface area (Å²) in [4.78, 5) is 13.8. The number of ether oxygens (including phenoxy) is 2. The molecule has 1 aromatic rings. The average Bonchev–Trinajstić information content (AvgIpc) is 2.69. The number of benzene rings is 1. The fourth-order valence-electron chi connectivity index (χ4n) is 3.46. The zero-order chi connectivity index (χ0) is 19.3. The molecule has 2 aliphatic heterocycles. The van der Waals surface area contributed by atoms with Crippen LogP contribution in [-0.4, -0.2) is 71.7 Å². The summed E-state index contributed by atoms with van der Waals surface area (Å²) in [5.41, 5.74) is 0.383. The van der Waals surface area contributed by atoms with Gasteiger partial charge in [-0.25, -0.2) is 8.42 Å². The van der Waals surface area contributed by atoms with E-state index in [0.29, 0.717) is 44.3 Å². The van der Waals surface area contributed by atoms with E-state index in [2.05, 4.69) is 5.32 Å². The predicted octanol–water partition coefficient (Wildman–Crippen LogP) is -0.277. The van der Waals surface area contributed by atoms with Crippen LogP contribution in [0.5, 0.6) is 5.75 Å². The highest BCUT2D eigenvalue weighted by Gasteiger charge is 2.27. The van der Waals surface area contributed by atoms with Crippen LogP contribution in [-0.2, 0) is 19.6 Å². The van der Waals surface area contributed by atoms with Crippen LogP contribution in [0.15, 0.2) is 23.1 Å². The second-order valence-corrected chi connectivity index (χ2v) is 8.85. The molecule has 0 atom stereocenters. The molecule has 0 saturated carbocycles. The third-order valence-corrected chi connectivity index (χ3v) is 6.90. The zero-order valence-electron chi connectivity index (χ0n) is 15.7. The topological polar surface area (TPSA) is 89.4 Å². The number of methoxy groups -OCH3 is 1. The highest BCUT2D eigenvalue weighted by atomic mass is 32.2. The number of morpholine rings is 1. The number of amides is 1. The van der Waals surface area contributed by atoms with Crippen molar-refractivity contribution >= 4 is 21.6 Å². The van der Waals surface area contributed by atoms with E-state index in [4.69, 9.17) is 9.47 Å². The summed E-state index contributed by atoms with van der Waals surface area (Å²) in [6.45, 7) is 4.26. The van der Waals surface area contributed by atoms with Crippen molar-refractivity contribution in [3.63, 3.8) is 0 Å². The zero-order valence-corrected chi connectivity index (χ0v) is 16.5. The number of nitrogens with one attached hydrogen (secondary N) is 2. The Morgan fingerprint density at radius 3 is 2.59 bits per heavy atom. The normalized spacial score (nSPS) is 19.6. The van der Waals surface area contributed by atoms with Crippen molar-refractivity contribution in [2.24, 2.45) is 0 Å². The molecule has 8 nitrogen and oxygen atoms in total. The van der Waals surface area contributed by atoms with Gasteiger partial charge in [0.15, 0.2) is 6.54 Å². The van der Waals surface area contributed by atoms with Crippen molar-refractivity contribution in [2.75, 3.05) is 58.4 Å². The Hall–Kier alpha value is -1.68. The van der Waals surface area contributed by atoms with Crippen LogP contribution in [0, 0.1) is 0 Å². The quantitative estimate of drug-likeness (QED) is 0.688. The van der Waals surface area contributed by atoms with Crippen LogP contribution in [0.1, 0.15) is 19.3 Å². The molecule has 2 aliphatic rings. The Morgan fingerprint density at radius 1 is 1.22 bits per heavy atom. The molecule has 0 unspecified atom stereocenters. The van der Waals surface area contributed by atoms with E-state index < -0.39 is 10.0 Å². The fraction of sp³-hybridized carbons (Fsp3) is 0.611. The van der Waals surface area contributed by atoms with Gasteiger partial charge in [0.2, 0.25) is 10.0 Å². The van der Waals surface area contributed by atoms with Gasteiger partial charge in [-0.1, -0.05) is 6.42 Å². The molecule has 2 heterocycles. The number of hydrogen-bond acceptors (Lipinski definition) is 5. The van der Waals surface area contributed by atoms with E-state index in [0.717, 1.165) is 37.3 Å². The number of quaternary nitrogens is 1. The minimum absolute atomic E-state index is 0.169. The van der Waals surface area contributed by atoms with Gasteiger partial charge in [0.05, 0.1) is 30.9 Å². The maximum absolute atomic E-state index is 12.9. The first-order valence-electron chi connectivity index (χ1n) is 9.40. The molecule has 0 aromatic heterocycles. The van der Waals surface area contributed by atoms with Gasteiger partial charge in [0.25, 0.3) is 5.91 Å². The van der Waals surface area contributed by atoms with Crippen molar-refractivity contribution < 1.29 is 27.6 Å². The maximum atomic E-state index is 12.9. The van der Waals surface area contributed by atoms with Crippen molar-refractivity contribution in [1.82, 2.24) is 4.31 Å². The first-order chi connectivity index (χ1) is 13.0. The van der Waals surface area contributed by atoms with Crippen LogP contribution in [0.4, 0.5) is 5.69 Å². The number of piperidine rings is 1. The van der Waals surface area contributed by atoms with Gasteiger partial charge in [-0.2, -0.15) is 4.31 Å². The Labute approximate surface area is 160 Å². The monoisotopic (exact) mass is 398 g/mol. The SMILES string of the molecule is COc1ccc(S(=O)(=O)N2CCCCC2)cc1NC(=O)C[NH+]1CCOCC1. The Balaban J connectivity index is 1.75. The second-order valence-electron chi connectivity index (χ2n) is 6.91. The minimum atomic E-state index is -3.57. The van der Waals surface area contributed by atoms with Crippen molar-refractivity contribution in [3.05, 3.63) is 18.2 Å². The van der Waals surface area contributed by atoms with Gasteiger partial charge >= 0.3 is 0 Å². The Bertz CT molecular complexity index is 756. The highest BCUT2D eigenvalue weighted by molar-refractivity contribution is 7.89. The second kappa shape index (κ2) is 9.01. The summed E-state index contributed by atoms with van der Waals surface area (Å²) in [6, 6.07) is 4.62. The van der Waals surface area contributed by atoms with Gasteiger partial charge in [-0.05, 0) is 31.0 Å². The lowest BCUT2D eigenvalue weighted by Crippen LogP contribution is -3.15. The number of carbonyl (C=O) groups is 1. The van der Waals surface area contributed by atoms with Gasteiger partial charge in [-0.3, -0.25) is 4.79 Å². The number of rotatable bonds is 6. The summed E-state index contributed by atoms with van der Waals surface area (Å²) in [5.74, 6) is 0.274. The molecule has 2 fully saturated rings. The smallest absolute Gasteiger partial charge is 0.279 e.